The van der Waals surface area contributed by atoms with E-state index in [1.165, 1.54) is 0 Å². The smallest absolute Gasteiger partial charge is 0.233 e. The van der Waals surface area contributed by atoms with Gasteiger partial charge in [0.2, 0.25) is 17.8 Å². The molecule has 0 unspecified atom stereocenters. The first kappa shape index (κ1) is 26.1. The fourth-order valence-electron chi connectivity index (χ4n) is 4.10. The fourth-order valence-corrected chi connectivity index (χ4v) is 4.27. The Kier molecular flexibility index (Phi) is 7.64. The molecule has 39 heavy (non-hydrogen) atoms. The van der Waals surface area contributed by atoms with Gasteiger partial charge in [-0.05, 0) is 67.1 Å². The van der Waals surface area contributed by atoms with E-state index in [1.54, 1.807) is 25.3 Å². The van der Waals surface area contributed by atoms with Gasteiger partial charge in [0, 0.05) is 48.7 Å². The molecule has 0 radical (unpaired) electrons. The highest BCUT2D eigenvalue weighted by Gasteiger charge is 2.11. The summed E-state index contributed by atoms with van der Waals surface area (Å²) in [5.74, 6) is 2.41. The van der Waals surface area contributed by atoms with E-state index in [4.69, 9.17) is 21.3 Å². The van der Waals surface area contributed by atoms with Crippen molar-refractivity contribution in [2.45, 2.75) is 6.42 Å². The van der Waals surface area contributed by atoms with Gasteiger partial charge in [0.15, 0.2) is 0 Å². The number of aromatic nitrogens is 4. The molecule has 0 saturated carbocycles. The number of phenolic OH excluding ortho intramolecular Hbond substituents is 1. The van der Waals surface area contributed by atoms with E-state index in [0.29, 0.717) is 36.0 Å². The van der Waals surface area contributed by atoms with Crippen LogP contribution in [-0.4, -0.2) is 59.3 Å². The van der Waals surface area contributed by atoms with E-state index in [0.717, 1.165) is 45.4 Å². The number of nitrogens with one attached hydrogen (secondary N) is 3. The maximum atomic E-state index is 10.1. The van der Waals surface area contributed by atoms with Crippen LogP contribution in [-0.2, 0) is 0 Å². The third kappa shape index (κ3) is 6.12. The first-order valence-corrected chi connectivity index (χ1v) is 12.8. The lowest BCUT2D eigenvalue weighted by Crippen LogP contribution is -2.17. The molecular formula is C28H29ClN8O2. The van der Waals surface area contributed by atoms with E-state index in [9.17, 15) is 5.11 Å². The van der Waals surface area contributed by atoms with Crippen molar-refractivity contribution < 1.29 is 9.84 Å². The summed E-state index contributed by atoms with van der Waals surface area (Å²) in [4.78, 5) is 20.1. The zero-order chi connectivity index (χ0) is 27.4. The van der Waals surface area contributed by atoms with Crippen LogP contribution in [0.15, 0.2) is 60.7 Å². The van der Waals surface area contributed by atoms with Crippen LogP contribution in [0.25, 0.3) is 21.8 Å². The topological polar surface area (TPSA) is 120 Å². The van der Waals surface area contributed by atoms with Crippen LogP contribution < -0.4 is 25.6 Å². The van der Waals surface area contributed by atoms with E-state index >= 15 is 0 Å². The quantitative estimate of drug-likeness (QED) is 0.129. The summed E-state index contributed by atoms with van der Waals surface area (Å²) < 4.78 is 5.22. The lowest BCUT2D eigenvalue weighted by molar-refractivity contribution is 0.415. The maximum Gasteiger partial charge on any atom is 0.233 e. The van der Waals surface area contributed by atoms with Crippen LogP contribution in [0, 0.1) is 0 Å². The largest absolute Gasteiger partial charge is 0.508 e. The predicted octanol–water partition coefficient (Wildman–Crippen LogP) is 5.66. The average molecular weight is 545 g/mol. The molecule has 0 aliphatic carbocycles. The highest BCUT2D eigenvalue weighted by molar-refractivity contribution is 6.31. The fraction of sp³-hybridized carbons (Fsp3) is 0.214. The molecule has 4 N–H and O–H groups in total. The minimum atomic E-state index is 0.188. The molecule has 0 aliphatic rings. The molecule has 0 amide bonds. The van der Waals surface area contributed by atoms with Crippen molar-refractivity contribution in [1.82, 2.24) is 19.9 Å². The van der Waals surface area contributed by atoms with E-state index in [2.05, 4.69) is 30.9 Å². The van der Waals surface area contributed by atoms with Crippen molar-refractivity contribution in [2.24, 2.45) is 0 Å². The first-order valence-electron chi connectivity index (χ1n) is 12.4. The van der Waals surface area contributed by atoms with Crippen LogP contribution in [0.2, 0.25) is 5.02 Å². The highest BCUT2D eigenvalue weighted by atomic mass is 35.5. The Labute approximate surface area is 231 Å². The van der Waals surface area contributed by atoms with Crippen molar-refractivity contribution >= 4 is 62.6 Å². The summed E-state index contributed by atoms with van der Waals surface area (Å²) in [5.41, 5.74) is 3.32. The Morgan fingerprint density at radius 3 is 2.36 bits per heavy atom. The zero-order valence-electron chi connectivity index (χ0n) is 21.9. The van der Waals surface area contributed by atoms with Crippen molar-refractivity contribution in [2.75, 3.05) is 55.1 Å². The number of ether oxygens (including phenoxy) is 1. The Morgan fingerprint density at radius 2 is 1.59 bits per heavy atom. The van der Waals surface area contributed by atoms with Crippen molar-refractivity contribution in [3.63, 3.8) is 0 Å². The number of nitrogens with zero attached hydrogens (tertiary/aromatic N) is 5. The van der Waals surface area contributed by atoms with Gasteiger partial charge in [-0.15, -0.1) is 0 Å². The number of benzene rings is 3. The lowest BCUT2D eigenvalue weighted by Gasteiger charge is -2.15. The number of methoxy groups -OCH3 is 1. The molecule has 0 saturated heterocycles. The Bertz CT molecular complexity index is 1610. The van der Waals surface area contributed by atoms with E-state index in [-0.39, 0.29) is 5.75 Å². The lowest BCUT2D eigenvalue weighted by atomic mass is 10.1. The van der Waals surface area contributed by atoms with Gasteiger partial charge in [-0.2, -0.15) is 15.0 Å². The average Bonchev–Trinajstić information content (AvgIpc) is 2.92. The van der Waals surface area contributed by atoms with E-state index < -0.39 is 0 Å². The van der Waals surface area contributed by atoms with Gasteiger partial charge in [0.1, 0.15) is 11.5 Å². The first-order chi connectivity index (χ1) is 18.9. The highest BCUT2D eigenvalue weighted by Crippen LogP contribution is 2.34. The second-order valence-electron chi connectivity index (χ2n) is 9.09. The summed E-state index contributed by atoms with van der Waals surface area (Å²) in [6.07, 6.45) is 0.780. The molecule has 5 aromatic rings. The SMILES string of the molecule is COc1ccc(Nc2nc(NCCCNc3c4ccc(Cl)cc4nc4ccc(O)cc34)nc(N(C)C)n2)cc1. The predicted molar refractivity (Wildman–Crippen MR) is 158 cm³/mol. The summed E-state index contributed by atoms with van der Waals surface area (Å²) in [6, 6.07) is 18.3. The normalized spacial score (nSPS) is 11.0. The van der Waals surface area contributed by atoms with Crippen molar-refractivity contribution in [3.05, 3.63) is 65.7 Å². The number of fused-ring (bicyclic) bond motifs is 2. The summed E-state index contributed by atoms with van der Waals surface area (Å²) in [7, 11) is 5.40. The molecule has 0 aliphatic heterocycles. The third-order valence-corrected chi connectivity index (χ3v) is 6.26. The Hall–Kier alpha value is -4.57. The number of pyridine rings is 1. The molecule has 0 fully saturated rings. The summed E-state index contributed by atoms with van der Waals surface area (Å²) >= 11 is 6.21. The number of hydrogen-bond donors (Lipinski definition) is 4. The minimum absolute atomic E-state index is 0.188. The van der Waals surface area contributed by atoms with Gasteiger partial charge in [-0.3, -0.25) is 0 Å². The van der Waals surface area contributed by atoms with Crippen LogP contribution in [0.4, 0.5) is 29.2 Å². The molecule has 10 nitrogen and oxygen atoms in total. The number of phenols is 1. The molecule has 0 atom stereocenters. The van der Waals surface area contributed by atoms with Crippen molar-refractivity contribution in [3.8, 4) is 11.5 Å². The Morgan fingerprint density at radius 1 is 0.821 bits per heavy atom. The van der Waals surface area contributed by atoms with Crippen LogP contribution in [0.1, 0.15) is 6.42 Å². The van der Waals surface area contributed by atoms with Crippen molar-refractivity contribution in [1.29, 1.82) is 0 Å². The van der Waals surface area contributed by atoms with Gasteiger partial charge < -0.3 is 30.7 Å². The van der Waals surface area contributed by atoms with E-state index in [1.807, 2.05) is 61.5 Å². The van der Waals surface area contributed by atoms with Gasteiger partial charge in [-0.25, -0.2) is 4.98 Å². The number of rotatable bonds is 10. The molecule has 3 aromatic carbocycles. The van der Waals surface area contributed by atoms with Crippen LogP contribution in [0.5, 0.6) is 11.5 Å². The van der Waals surface area contributed by atoms with Crippen LogP contribution >= 0.6 is 11.6 Å². The summed E-state index contributed by atoms with van der Waals surface area (Å²) in [6.45, 7) is 1.30. The number of aromatic hydroxyl groups is 1. The number of halogens is 1. The van der Waals surface area contributed by atoms with Gasteiger partial charge in [-0.1, -0.05) is 11.6 Å². The van der Waals surface area contributed by atoms with Crippen LogP contribution in [0.3, 0.4) is 0 Å². The standard InChI is InChI=1S/C28H29ClN8O2/c1-37(2)28-35-26(34-27(36-28)32-18-6-9-20(39-3)10-7-18)31-14-4-13-30-25-21-11-5-17(29)15-24(21)33-23-12-8-19(38)16-22(23)25/h5-12,15-16,38H,4,13-14H2,1-3H3,(H,30,33)(H2,31,32,34,35,36). The second kappa shape index (κ2) is 11.4. The monoisotopic (exact) mass is 544 g/mol. The van der Waals surface area contributed by atoms with Gasteiger partial charge >= 0.3 is 0 Å². The van der Waals surface area contributed by atoms with Gasteiger partial charge in [0.25, 0.3) is 0 Å². The summed E-state index contributed by atoms with van der Waals surface area (Å²) in [5, 5.41) is 22.6. The molecule has 0 bridgehead atoms. The number of hydrogen-bond acceptors (Lipinski definition) is 10. The molecule has 11 heteroatoms. The maximum absolute atomic E-state index is 10.1. The molecule has 200 valence electrons. The molecular weight excluding hydrogens is 516 g/mol. The molecule has 5 rings (SSSR count). The third-order valence-electron chi connectivity index (χ3n) is 6.03. The molecule has 2 aromatic heterocycles. The minimum Gasteiger partial charge on any atom is -0.508 e. The number of anilines is 5. The Balaban J connectivity index is 1.27. The zero-order valence-corrected chi connectivity index (χ0v) is 22.6. The molecule has 2 heterocycles. The second-order valence-corrected chi connectivity index (χ2v) is 9.52. The molecule has 0 spiro atoms. The van der Waals surface area contributed by atoms with Gasteiger partial charge in [0.05, 0.1) is 23.8 Å².